The van der Waals surface area contributed by atoms with Gasteiger partial charge in [0.15, 0.2) is 11.4 Å². The lowest BCUT2D eigenvalue weighted by molar-refractivity contribution is -0.142. The van der Waals surface area contributed by atoms with Crippen LogP contribution in [0.15, 0.2) is 85.5 Å². The van der Waals surface area contributed by atoms with Crippen molar-refractivity contribution in [3.05, 3.63) is 116 Å². The normalized spacial score (nSPS) is 14.0. The lowest BCUT2D eigenvalue weighted by atomic mass is 9.77. The molecule has 0 unspecified atom stereocenters. The number of hydrogen-bond donors (Lipinski definition) is 0. The Morgan fingerprint density at radius 1 is 0.589 bits per heavy atom. The van der Waals surface area contributed by atoms with E-state index in [9.17, 15) is 58.7 Å². The second kappa shape index (κ2) is 23.9. The number of ether oxygens (including phenoxy) is 2. The fourth-order valence-electron chi connectivity index (χ4n) is 5.39. The average molecular weight is 1300 g/mol. The summed E-state index contributed by atoms with van der Waals surface area (Å²) >= 11 is 11.9. The fourth-order valence-corrected chi connectivity index (χ4v) is 7.11. The molecule has 0 saturated carbocycles. The van der Waals surface area contributed by atoms with Crippen LogP contribution in [0.3, 0.4) is 0 Å². The van der Waals surface area contributed by atoms with Gasteiger partial charge in [0.25, 0.3) is 11.8 Å². The monoisotopic (exact) mass is 1300 g/mol. The molecule has 0 bridgehead atoms. The number of alkyl halides is 9. The Bertz CT molecular complexity index is 3060. The molecule has 0 spiro atoms. The van der Waals surface area contributed by atoms with Crippen molar-refractivity contribution in [1.29, 1.82) is 0 Å². The van der Waals surface area contributed by atoms with E-state index in [0.29, 0.717) is 16.8 Å². The third-order valence-electron chi connectivity index (χ3n) is 9.60. The molecule has 73 heavy (non-hydrogen) atoms. The van der Waals surface area contributed by atoms with Gasteiger partial charge >= 0.3 is 49.1 Å². The van der Waals surface area contributed by atoms with Crippen LogP contribution in [-0.4, -0.2) is 83.0 Å². The zero-order chi connectivity index (χ0) is 55.2. The molecule has 1 aliphatic rings. The van der Waals surface area contributed by atoms with Crippen LogP contribution >= 0.6 is 63.7 Å². The van der Waals surface area contributed by atoms with E-state index < -0.39 is 71.4 Å². The largest absolute Gasteiger partial charge is 0.497 e. The van der Waals surface area contributed by atoms with Gasteiger partial charge < -0.3 is 27.6 Å². The fraction of sp³-hybridized carbons (Fsp3) is 0.366. The van der Waals surface area contributed by atoms with Crippen LogP contribution in [0.5, 0.6) is 0 Å². The third kappa shape index (κ3) is 15.6. The van der Waals surface area contributed by atoms with Crippen molar-refractivity contribution >= 4 is 88.2 Å². The summed E-state index contributed by atoms with van der Waals surface area (Å²) in [6, 6.07) is 5.01. The van der Waals surface area contributed by atoms with Crippen LogP contribution in [0, 0.1) is 0 Å². The topological polar surface area (TPSA) is 219 Å². The number of nitrogens with zero attached hydrogens (tertiary/aromatic N) is 8. The Labute approximate surface area is 440 Å². The Hall–Kier alpha value is -5.31. The zero-order valence-electron chi connectivity index (χ0n) is 38.7. The van der Waals surface area contributed by atoms with Gasteiger partial charge in [-0.05, 0) is 130 Å². The summed E-state index contributed by atoms with van der Waals surface area (Å²) in [4.78, 5) is 58.8. The number of hydrogen-bond acceptors (Lipinski definition) is 16. The van der Waals surface area contributed by atoms with Gasteiger partial charge in [-0.2, -0.15) is 48.9 Å². The Kier molecular flexibility index (Phi) is 19.7. The minimum Gasteiger partial charge on any atom is -0.462 e. The maximum absolute atomic E-state index is 13.4. The van der Waals surface area contributed by atoms with Crippen molar-refractivity contribution in [2.75, 3.05) is 13.2 Å². The number of aryl methyl sites for hydroxylation is 2. The standard InChI is InChI=1S/C15H17BF3N3O4.C9H5BrF3N3O2.C9H7BrF3NO2.C8H7Br2NO2/c1-13(2)14(3,4)26-16(25-13)9-6-8(7-20-10(9)15(17,18)19)11-21-22(5)12(23)24-11;1-16-8(17)18-7(15-16)4-2-5(10)6(14-3-4)9(11,12)13;1-2-16-8(15)5-3-6(10)7(14-4-5)9(11,12)13;1-2-13-8(12)5-3-6(9)7(10)11-4-5/h6-7H,1-5H3;2-3H,1H3;3-4H,2H2,1H3;3-4H,2H2,1H3. The molecular formula is C41H36BBr4F9N8O10. The van der Waals surface area contributed by atoms with Gasteiger partial charge in [-0.15, -0.1) is 10.2 Å². The van der Waals surface area contributed by atoms with Gasteiger partial charge in [0.05, 0.1) is 51.1 Å². The highest BCUT2D eigenvalue weighted by Crippen LogP contribution is 2.39. The van der Waals surface area contributed by atoms with Crippen LogP contribution in [-0.2, 0) is 51.4 Å². The molecule has 1 aliphatic heterocycles. The Morgan fingerprint density at radius 3 is 1.32 bits per heavy atom. The first kappa shape index (κ1) is 60.3. The van der Waals surface area contributed by atoms with E-state index in [2.05, 4.69) is 98.6 Å². The minimum absolute atomic E-state index is 0.0262. The minimum atomic E-state index is -4.71. The van der Waals surface area contributed by atoms with Crippen molar-refractivity contribution in [2.24, 2.45) is 14.1 Å². The maximum Gasteiger partial charge on any atom is 0.497 e. The number of esters is 2. The highest BCUT2D eigenvalue weighted by Gasteiger charge is 2.54. The van der Waals surface area contributed by atoms with Crippen molar-refractivity contribution < 1.29 is 76.7 Å². The Balaban J connectivity index is 0.000000219. The lowest BCUT2D eigenvalue weighted by Crippen LogP contribution is -2.41. The first-order chi connectivity index (χ1) is 33.6. The van der Waals surface area contributed by atoms with Gasteiger partial charge in [0, 0.05) is 53.3 Å². The van der Waals surface area contributed by atoms with Crippen molar-refractivity contribution in [2.45, 2.75) is 71.3 Å². The molecule has 0 aromatic carbocycles. The van der Waals surface area contributed by atoms with Gasteiger partial charge in [0.2, 0.25) is 0 Å². The van der Waals surface area contributed by atoms with E-state index in [0.717, 1.165) is 44.6 Å². The number of aromatic nitrogens is 8. The van der Waals surface area contributed by atoms with E-state index in [-0.39, 0.29) is 55.5 Å². The number of carbonyl (C=O) groups is 2. The first-order valence-electron chi connectivity index (χ1n) is 20.2. The summed E-state index contributed by atoms with van der Waals surface area (Å²) in [5, 5.41) is 7.54. The van der Waals surface area contributed by atoms with E-state index in [1.165, 1.54) is 26.4 Å². The van der Waals surface area contributed by atoms with Crippen molar-refractivity contribution in [3.63, 3.8) is 0 Å². The quantitative estimate of drug-likeness (QED) is 0.0628. The molecule has 1 saturated heterocycles. The van der Waals surface area contributed by atoms with Gasteiger partial charge in [-0.25, -0.2) is 34.1 Å². The first-order valence-corrected chi connectivity index (χ1v) is 23.4. The molecule has 0 N–H and O–H groups in total. The van der Waals surface area contributed by atoms with E-state index in [1.54, 1.807) is 47.6 Å². The SMILES string of the molecule is CCOC(=O)c1cnc(Br)c(Br)c1.CCOC(=O)c1cnc(C(F)(F)F)c(Br)c1.Cn1nc(-c2cnc(C(F)(F)F)c(B3OC(C)(C)C(C)(C)O3)c2)oc1=O.Cn1nc(-c2cnc(C(F)(F)F)c(Br)c2)oc1=O. The highest BCUT2D eigenvalue weighted by atomic mass is 79.9. The molecular weight excluding hydrogens is 1270 g/mol. The molecule has 6 aromatic heterocycles. The van der Waals surface area contributed by atoms with Gasteiger partial charge in [-0.1, -0.05) is 0 Å². The van der Waals surface area contributed by atoms with Crippen molar-refractivity contribution in [3.8, 4) is 22.9 Å². The predicted octanol–water partition coefficient (Wildman–Crippen LogP) is 9.79. The molecule has 6 aromatic rings. The van der Waals surface area contributed by atoms with Crippen LogP contribution in [0.2, 0.25) is 0 Å². The molecule has 7 heterocycles. The van der Waals surface area contributed by atoms with Crippen LogP contribution in [0.1, 0.15) is 79.3 Å². The smallest absolute Gasteiger partial charge is 0.462 e. The molecule has 0 amide bonds. The Morgan fingerprint density at radius 2 is 0.959 bits per heavy atom. The number of halogens is 13. The predicted molar refractivity (Wildman–Crippen MR) is 252 cm³/mol. The maximum atomic E-state index is 13.4. The second-order valence-corrected chi connectivity index (χ2v) is 18.7. The summed E-state index contributed by atoms with van der Waals surface area (Å²) in [7, 11) is 1.45. The second-order valence-electron chi connectivity index (χ2n) is 15.4. The van der Waals surface area contributed by atoms with E-state index in [4.69, 9.17) is 22.9 Å². The molecule has 0 atom stereocenters. The molecule has 394 valence electrons. The number of carbonyl (C=O) groups excluding carboxylic acids is 2. The zero-order valence-corrected chi connectivity index (χ0v) is 45.0. The van der Waals surface area contributed by atoms with Gasteiger partial charge in [0.1, 0.15) is 10.3 Å². The number of pyridine rings is 4. The lowest BCUT2D eigenvalue weighted by Gasteiger charge is -2.32. The summed E-state index contributed by atoms with van der Waals surface area (Å²) in [6.45, 7) is 10.8. The molecule has 0 radical (unpaired) electrons. The average Bonchev–Trinajstić information content (AvgIpc) is 3.88. The van der Waals surface area contributed by atoms with E-state index in [1.807, 2.05) is 0 Å². The number of rotatable bonds is 7. The van der Waals surface area contributed by atoms with E-state index >= 15 is 0 Å². The summed E-state index contributed by atoms with van der Waals surface area (Å²) in [6.07, 6.45) is -9.61. The third-order valence-corrected chi connectivity index (χ3v) is 12.6. The van der Waals surface area contributed by atoms with Crippen molar-refractivity contribution in [1.82, 2.24) is 39.5 Å². The molecule has 18 nitrogen and oxygen atoms in total. The molecule has 0 aliphatic carbocycles. The summed E-state index contributed by atoms with van der Waals surface area (Å²) in [5.41, 5.74) is -4.50. The summed E-state index contributed by atoms with van der Waals surface area (Å²) in [5.74, 6) is -2.74. The molecule has 32 heteroatoms. The highest BCUT2D eigenvalue weighted by molar-refractivity contribution is 9.13. The van der Waals surface area contributed by atoms with Crippen LogP contribution < -0.4 is 17.0 Å². The van der Waals surface area contributed by atoms with Crippen LogP contribution in [0.25, 0.3) is 22.9 Å². The molecule has 1 fully saturated rings. The summed E-state index contributed by atoms with van der Waals surface area (Å²) < 4.78 is 148. The van der Waals surface area contributed by atoms with Gasteiger partial charge in [-0.3, -0.25) is 4.98 Å². The molecule has 7 rings (SSSR count). The van der Waals surface area contributed by atoms with Crippen LogP contribution in [0.4, 0.5) is 39.5 Å².